The lowest BCUT2D eigenvalue weighted by Crippen LogP contribution is -2.27. The van der Waals surface area contributed by atoms with E-state index in [4.69, 9.17) is 0 Å². The molecule has 1 atom stereocenters. The quantitative estimate of drug-likeness (QED) is 0.702. The molecule has 0 radical (unpaired) electrons. The molecule has 23 heavy (non-hydrogen) atoms. The maximum atomic E-state index is 3.30. The van der Waals surface area contributed by atoms with E-state index >= 15 is 0 Å². The van der Waals surface area contributed by atoms with Crippen molar-refractivity contribution in [2.75, 3.05) is 18.9 Å². The molecule has 0 aromatic heterocycles. The molecular weight excluding hydrogens is 280 g/mol. The molecule has 0 aliphatic rings. The zero-order valence-electron chi connectivity index (χ0n) is 15.0. The second-order valence-corrected chi connectivity index (χ2v) is 6.31. The molecule has 0 aliphatic carbocycles. The summed E-state index contributed by atoms with van der Waals surface area (Å²) in [5, 5.41) is 3.30. The highest BCUT2D eigenvalue weighted by Crippen LogP contribution is 2.26. The Labute approximate surface area is 141 Å². The third kappa shape index (κ3) is 4.84. The Balaban J connectivity index is 2.20. The molecule has 2 nitrogen and oxygen atoms in total. The van der Waals surface area contributed by atoms with Gasteiger partial charge in [0.05, 0.1) is 0 Å². The molecule has 2 aromatic rings. The molecule has 2 aromatic carbocycles. The Morgan fingerprint density at radius 1 is 1.09 bits per heavy atom. The fourth-order valence-electron chi connectivity index (χ4n) is 2.97. The van der Waals surface area contributed by atoms with Crippen LogP contribution < -0.4 is 5.32 Å². The van der Waals surface area contributed by atoms with E-state index < -0.39 is 0 Å². The number of unbranched alkanes of at least 4 members (excludes halogenated alkanes) is 1. The van der Waals surface area contributed by atoms with E-state index in [9.17, 15) is 0 Å². The van der Waals surface area contributed by atoms with Crippen molar-refractivity contribution >= 4 is 5.69 Å². The molecule has 0 saturated heterocycles. The first-order valence-corrected chi connectivity index (χ1v) is 8.72. The summed E-state index contributed by atoms with van der Waals surface area (Å²) < 4.78 is 0. The summed E-state index contributed by atoms with van der Waals surface area (Å²) in [6, 6.07) is 18.0. The number of benzene rings is 2. The van der Waals surface area contributed by atoms with Crippen LogP contribution in [0.3, 0.4) is 0 Å². The summed E-state index contributed by atoms with van der Waals surface area (Å²) in [4.78, 5) is 2.59. The number of nitrogens with zero attached hydrogens (tertiary/aromatic N) is 1. The normalized spacial score (nSPS) is 12.4. The molecular formula is C21H30N2. The lowest BCUT2D eigenvalue weighted by Gasteiger charge is -2.30. The van der Waals surface area contributed by atoms with Crippen molar-refractivity contribution in [3.05, 3.63) is 65.2 Å². The summed E-state index contributed by atoms with van der Waals surface area (Å²) in [6.07, 6.45) is 2.47. The van der Waals surface area contributed by atoms with Crippen molar-refractivity contribution < 1.29 is 0 Å². The zero-order valence-corrected chi connectivity index (χ0v) is 15.0. The van der Waals surface area contributed by atoms with E-state index in [1.807, 2.05) is 7.05 Å². The standard InChI is InChI=1S/C21H30N2/c1-5-6-14-23(16-19-10-8-7-9-11-19)18(3)20-13-12-17(2)21(15-20)22-4/h7-13,15,18,22H,5-6,14,16H2,1-4H3. The zero-order chi connectivity index (χ0) is 16.7. The second kappa shape index (κ2) is 8.73. The van der Waals surface area contributed by atoms with Crippen molar-refractivity contribution in [3.8, 4) is 0 Å². The van der Waals surface area contributed by atoms with Crippen LogP contribution in [-0.2, 0) is 6.54 Å². The number of hydrogen-bond acceptors (Lipinski definition) is 2. The molecule has 0 amide bonds. The van der Waals surface area contributed by atoms with Crippen LogP contribution in [0.25, 0.3) is 0 Å². The van der Waals surface area contributed by atoms with Gasteiger partial charge in [-0.15, -0.1) is 0 Å². The van der Waals surface area contributed by atoms with Crippen LogP contribution in [0.5, 0.6) is 0 Å². The van der Waals surface area contributed by atoms with Gasteiger partial charge in [-0.05, 0) is 49.6 Å². The predicted octanol–water partition coefficient (Wildman–Crippen LogP) is 5.40. The van der Waals surface area contributed by atoms with Gasteiger partial charge in [0.25, 0.3) is 0 Å². The Morgan fingerprint density at radius 2 is 1.83 bits per heavy atom. The average molecular weight is 310 g/mol. The van der Waals surface area contributed by atoms with Gasteiger partial charge in [-0.3, -0.25) is 4.90 Å². The Bertz CT molecular complexity index is 592. The Hall–Kier alpha value is -1.80. The van der Waals surface area contributed by atoms with Gasteiger partial charge in [0.15, 0.2) is 0 Å². The van der Waals surface area contributed by atoms with Gasteiger partial charge in [-0.2, -0.15) is 0 Å². The third-order valence-corrected chi connectivity index (χ3v) is 4.59. The fourth-order valence-corrected chi connectivity index (χ4v) is 2.97. The summed E-state index contributed by atoms with van der Waals surface area (Å²) >= 11 is 0. The van der Waals surface area contributed by atoms with Crippen molar-refractivity contribution in [3.63, 3.8) is 0 Å². The minimum Gasteiger partial charge on any atom is -0.388 e. The van der Waals surface area contributed by atoms with Gasteiger partial charge < -0.3 is 5.32 Å². The summed E-state index contributed by atoms with van der Waals surface area (Å²) in [5.41, 5.74) is 5.29. The number of nitrogens with one attached hydrogen (secondary N) is 1. The molecule has 2 heteroatoms. The number of aryl methyl sites for hydroxylation is 1. The van der Waals surface area contributed by atoms with Gasteiger partial charge in [0, 0.05) is 25.3 Å². The first kappa shape index (κ1) is 17.6. The first-order chi connectivity index (χ1) is 11.2. The van der Waals surface area contributed by atoms with Gasteiger partial charge in [-0.1, -0.05) is 55.8 Å². The lowest BCUT2D eigenvalue weighted by atomic mass is 10.0. The van der Waals surface area contributed by atoms with Crippen LogP contribution >= 0.6 is 0 Å². The second-order valence-electron chi connectivity index (χ2n) is 6.31. The van der Waals surface area contributed by atoms with E-state index in [1.54, 1.807) is 0 Å². The van der Waals surface area contributed by atoms with E-state index in [2.05, 4.69) is 79.5 Å². The highest BCUT2D eigenvalue weighted by molar-refractivity contribution is 5.52. The van der Waals surface area contributed by atoms with E-state index in [0.29, 0.717) is 6.04 Å². The first-order valence-electron chi connectivity index (χ1n) is 8.72. The Morgan fingerprint density at radius 3 is 2.48 bits per heavy atom. The molecule has 0 fully saturated rings. The largest absolute Gasteiger partial charge is 0.388 e. The van der Waals surface area contributed by atoms with Crippen LogP contribution in [0.4, 0.5) is 5.69 Å². The minimum atomic E-state index is 0.412. The van der Waals surface area contributed by atoms with E-state index in [1.165, 1.54) is 35.2 Å². The highest BCUT2D eigenvalue weighted by Gasteiger charge is 2.16. The molecule has 1 N–H and O–H groups in total. The van der Waals surface area contributed by atoms with Crippen LogP contribution in [0.1, 0.15) is 49.4 Å². The predicted molar refractivity (Wildman–Crippen MR) is 101 cm³/mol. The number of anilines is 1. The molecule has 0 heterocycles. The van der Waals surface area contributed by atoms with Gasteiger partial charge >= 0.3 is 0 Å². The van der Waals surface area contributed by atoms with Crippen LogP contribution in [0, 0.1) is 6.92 Å². The maximum absolute atomic E-state index is 3.30. The molecule has 0 saturated carbocycles. The van der Waals surface area contributed by atoms with Gasteiger partial charge in [-0.25, -0.2) is 0 Å². The Kier molecular flexibility index (Phi) is 6.66. The SMILES string of the molecule is CCCCN(Cc1ccccc1)C(C)c1ccc(C)c(NC)c1. The number of rotatable bonds is 8. The van der Waals surface area contributed by atoms with Crippen molar-refractivity contribution in [2.45, 2.75) is 46.2 Å². The molecule has 1 unspecified atom stereocenters. The monoisotopic (exact) mass is 310 g/mol. The molecule has 2 rings (SSSR count). The third-order valence-electron chi connectivity index (χ3n) is 4.59. The molecule has 0 bridgehead atoms. The molecule has 124 valence electrons. The summed E-state index contributed by atoms with van der Waals surface area (Å²) in [6.45, 7) is 8.87. The minimum absolute atomic E-state index is 0.412. The van der Waals surface area contributed by atoms with E-state index in [-0.39, 0.29) is 0 Å². The topological polar surface area (TPSA) is 15.3 Å². The average Bonchev–Trinajstić information content (AvgIpc) is 2.59. The van der Waals surface area contributed by atoms with Crippen LogP contribution in [0.2, 0.25) is 0 Å². The van der Waals surface area contributed by atoms with Crippen molar-refractivity contribution in [1.82, 2.24) is 4.90 Å². The summed E-state index contributed by atoms with van der Waals surface area (Å²) in [7, 11) is 2.00. The van der Waals surface area contributed by atoms with Gasteiger partial charge in [0.2, 0.25) is 0 Å². The van der Waals surface area contributed by atoms with Crippen LogP contribution in [-0.4, -0.2) is 18.5 Å². The molecule has 0 aliphatic heterocycles. The number of hydrogen-bond donors (Lipinski definition) is 1. The van der Waals surface area contributed by atoms with Crippen molar-refractivity contribution in [2.24, 2.45) is 0 Å². The fraction of sp³-hybridized carbons (Fsp3) is 0.429. The van der Waals surface area contributed by atoms with Crippen molar-refractivity contribution in [1.29, 1.82) is 0 Å². The van der Waals surface area contributed by atoms with Gasteiger partial charge in [0.1, 0.15) is 0 Å². The lowest BCUT2D eigenvalue weighted by molar-refractivity contribution is 0.198. The smallest absolute Gasteiger partial charge is 0.0370 e. The van der Waals surface area contributed by atoms with E-state index in [0.717, 1.165) is 13.1 Å². The summed E-state index contributed by atoms with van der Waals surface area (Å²) in [5.74, 6) is 0. The molecule has 0 spiro atoms. The maximum Gasteiger partial charge on any atom is 0.0370 e. The highest BCUT2D eigenvalue weighted by atomic mass is 15.1. The van der Waals surface area contributed by atoms with Crippen LogP contribution in [0.15, 0.2) is 48.5 Å².